The molecule has 0 bridgehead atoms. The van der Waals surface area contributed by atoms with Crippen LogP contribution < -0.4 is 5.32 Å². The molecule has 0 aliphatic heterocycles. The smallest absolute Gasteiger partial charge is 0.220 e. The average Bonchev–Trinajstić information content (AvgIpc) is 3.19. The summed E-state index contributed by atoms with van der Waals surface area (Å²) >= 11 is 0. The Morgan fingerprint density at radius 1 is 0.418 bits per heavy atom. The van der Waals surface area contributed by atoms with E-state index in [1.165, 1.54) is 238 Å². The van der Waals surface area contributed by atoms with Gasteiger partial charge in [0.2, 0.25) is 5.91 Å². The van der Waals surface area contributed by atoms with Gasteiger partial charge in [-0.25, -0.2) is 0 Å². The number of aliphatic hydroxyl groups excluding tert-OH is 2. The molecule has 0 heterocycles. The third-order valence-corrected chi connectivity index (χ3v) is 12.0. The first-order chi connectivity index (χ1) is 27.2. The van der Waals surface area contributed by atoms with Gasteiger partial charge in [0.1, 0.15) is 0 Å². The first-order valence-electron chi connectivity index (χ1n) is 25.4. The molecule has 2 atom stereocenters. The predicted octanol–water partition coefficient (Wildman–Crippen LogP) is 16.2. The zero-order chi connectivity index (χ0) is 40.0. The van der Waals surface area contributed by atoms with Gasteiger partial charge in [-0.2, -0.15) is 0 Å². The van der Waals surface area contributed by atoms with Crippen molar-refractivity contribution in [2.45, 2.75) is 302 Å². The zero-order valence-electron chi connectivity index (χ0n) is 37.7. The van der Waals surface area contributed by atoms with Crippen molar-refractivity contribution >= 4 is 5.91 Å². The Morgan fingerprint density at radius 3 is 1.00 bits per heavy atom. The van der Waals surface area contributed by atoms with Crippen LogP contribution in [0.2, 0.25) is 0 Å². The first-order valence-corrected chi connectivity index (χ1v) is 25.4. The van der Waals surface area contributed by atoms with Crippen LogP contribution in [0.4, 0.5) is 0 Å². The molecule has 0 aliphatic rings. The Kier molecular flexibility index (Phi) is 46.8. The number of allylic oxidation sites excluding steroid dienone is 2. The molecule has 0 rings (SSSR count). The highest BCUT2D eigenvalue weighted by atomic mass is 16.3. The normalized spacial score (nSPS) is 12.9. The minimum atomic E-state index is -0.655. The molecule has 4 heteroatoms. The van der Waals surface area contributed by atoms with E-state index in [4.69, 9.17) is 0 Å². The standard InChI is InChI=1S/C51H101NO3/c1-3-5-7-9-11-13-15-17-19-21-22-23-24-25-26-27-28-29-30-31-33-35-37-39-41-43-45-47-51(55)52-49(48-53)50(54)46-44-42-40-38-36-34-32-20-18-16-14-12-10-8-6-4-2/h21-22,49-50,53-54H,3-20,23-48H2,1-2H3,(H,52,55)/b22-21-. The van der Waals surface area contributed by atoms with Crippen molar-refractivity contribution in [2.24, 2.45) is 0 Å². The number of carbonyl (C=O) groups is 1. The molecule has 0 fully saturated rings. The van der Waals surface area contributed by atoms with Gasteiger partial charge in [0, 0.05) is 6.42 Å². The highest BCUT2D eigenvalue weighted by Crippen LogP contribution is 2.17. The van der Waals surface area contributed by atoms with Crippen molar-refractivity contribution in [3.63, 3.8) is 0 Å². The molecule has 3 N–H and O–H groups in total. The summed E-state index contributed by atoms with van der Waals surface area (Å²) in [6.45, 7) is 4.38. The van der Waals surface area contributed by atoms with Gasteiger partial charge in [-0.3, -0.25) is 4.79 Å². The molecule has 0 aromatic rings. The van der Waals surface area contributed by atoms with Crippen LogP contribution in [0.3, 0.4) is 0 Å². The largest absolute Gasteiger partial charge is 0.394 e. The van der Waals surface area contributed by atoms with Gasteiger partial charge < -0.3 is 15.5 Å². The minimum absolute atomic E-state index is 0.0261. The number of amides is 1. The van der Waals surface area contributed by atoms with Crippen LogP contribution in [-0.2, 0) is 4.79 Å². The minimum Gasteiger partial charge on any atom is -0.394 e. The second-order valence-electron chi connectivity index (χ2n) is 17.6. The molecule has 0 saturated heterocycles. The molecule has 0 aromatic heterocycles. The lowest BCUT2D eigenvalue weighted by molar-refractivity contribution is -0.123. The maximum absolute atomic E-state index is 12.4. The molecular formula is C51H101NO3. The van der Waals surface area contributed by atoms with Gasteiger partial charge in [-0.05, 0) is 38.5 Å². The molecule has 0 spiro atoms. The molecule has 1 amide bonds. The second-order valence-corrected chi connectivity index (χ2v) is 17.6. The van der Waals surface area contributed by atoms with E-state index in [-0.39, 0.29) is 12.5 Å². The molecule has 0 radical (unpaired) electrons. The van der Waals surface area contributed by atoms with E-state index < -0.39 is 12.1 Å². The monoisotopic (exact) mass is 776 g/mol. The number of hydrogen-bond donors (Lipinski definition) is 3. The van der Waals surface area contributed by atoms with Crippen molar-refractivity contribution in [1.29, 1.82) is 0 Å². The fraction of sp³-hybridized carbons (Fsp3) is 0.941. The van der Waals surface area contributed by atoms with Crippen LogP contribution in [0.1, 0.15) is 290 Å². The van der Waals surface area contributed by atoms with Crippen LogP contribution in [0.25, 0.3) is 0 Å². The van der Waals surface area contributed by atoms with Gasteiger partial charge in [0.05, 0.1) is 18.8 Å². The van der Waals surface area contributed by atoms with Gasteiger partial charge in [-0.15, -0.1) is 0 Å². The zero-order valence-corrected chi connectivity index (χ0v) is 37.7. The summed E-state index contributed by atoms with van der Waals surface area (Å²) in [6, 6.07) is -0.532. The molecule has 2 unspecified atom stereocenters. The van der Waals surface area contributed by atoms with E-state index >= 15 is 0 Å². The SMILES string of the molecule is CCCCCCCCCC/C=C\CCCCCCCCCCCCCCCCCC(=O)NC(CO)C(O)CCCCCCCCCCCCCCCCCC. The van der Waals surface area contributed by atoms with Crippen LogP contribution >= 0.6 is 0 Å². The summed E-state index contributed by atoms with van der Waals surface area (Å²) in [5, 5.41) is 23.2. The molecular weight excluding hydrogens is 675 g/mol. The predicted molar refractivity (Wildman–Crippen MR) is 244 cm³/mol. The Balaban J connectivity index is 3.43. The fourth-order valence-corrected chi connectivity index (χ4v) is 8.12. The van der Waals surface area contributed by atoms with Crippen LogP contribution in [-0.4, -0.2) is 34.9 Å². The van der Waals surface area contributed by atoms with Crippen molar-refractivity contribution in [3.8, 4) is 0 Å². The van der Waals surface area contributed by atoms with Gasteiger partial charge >= 0.3 is 0 Å². The lowest BCUT2D eigenvalue weighted by Gasteiger charge is -2.22. The Labute approximate surface area is 346 Å². The van der Waals surface area contributed by atoms with Crippen molar-refractivity contribution in [1.82, 2.24) is 5.32 Å². The summed E-state index contributed by atoms with van der Waals surface area (Å²) in [5.74, 6) is -0.0261. The van der Waals surface area contributed by atoms with E-state index in [9.17, 15) is 15.0 Å². The summed E-state index contributed by atoms with van der Waals surface area (Å²) in [4.78, 5) is 12.4. The van der Waals surface area contributed by atoms with E-state index in [2.05, 4.69) is 31.3 Å². The molecule has 0 saturated carbocycles. The van der Waals surface area contributed by atoms with E-state index in [0.29, 0.717) is 12.8 Å². The Morgan fingerprint density at radius 2 is 0.691 bits per heavy atom. The number of carbonyl (C=O) groups excluding carboxylic acids is 1. The third-order valence-electron chi connectivity index (χ3n) is 12.0. The van der Waals surface area contributed by atoms with Crippen molar-refractivity contribution < 1.29 is 15.0 Å². The Bertz CT molecular complexity index is 754. The summed E-state index contributed by atoms with van der Waals surface area (Å²) in [5.41, 5.74) is 0. The lowest BCUT2D eigenvalue weighted by atomic mass is 10.0. The highest BCUT2D eigenvalue weighted by Gasteiger charge is 2.20. The molecule has 0 aliphatic carbocycles. The molecule has 55 heavy (non-hydrogen) atoms. The summed E-state index contributed by atoms with van der Waals surface area (Å²) in [6.07, 6.45) is 60.3. The summed E-state index contributed by atoms with van der Waals surface area (Å²) in [7, 11) is 0. The topological polar surface area (TPSA) is 69.6 Å². The maximum Gasteiger partial charge on any atom is 0.220 e. The summed E-state index contributed by atoms with van der Waals surface area (Å²) < 4.78 is 0. The van der Waals surface area contributed by atoms with E-state index in [1.807, 2.05) is 0 Å². The molecule has 328 valence electrons. The van der Waals surface area contributed by atoms with Gasteiger partial charge in [-0.1, -0.05) is 257 Å². The molecule has 0 aromatic carbocycles. The van der Waals surface area contributed by atoms with Crippen LogP contribution in [0.5, 0.6) is 0 Å². The lowest BCUT2D eigenvalue weighted by Crippen LogP contribution is -2.45. The fourth-order valence-electron chi connectivity index (χ4n) is 8.12. The number of rotatable bonds is 47. The van der Waals surface area contributed by atoms with Crippen LogP contribution in [0.15, 0.2) is 12.2 Å². The van der Waals surface area contributed by atoms with Crippen molar-refractivity contribution in [3.05, 3.63) is 12.2 Å². The first kappa shape index (κ1) is 54.1. The van der Waals surface area contributed by atoms with Gasteiger partial charge in [0.15, 0.2) is 0 Å². The van der Waals surface area contributed by atoms with E-state index in [0.717, 1.165) is 25.7 Å². The van der Waals surface area contributed by atoms with Crippen molar-refractivity contribution in [2.75, 3.05) is 6.61 Å². The average molecular weight is 776 g/mol. The third kappa shape index (κ3) is 44.1. The quantitative estimate of drug-likeness (QED) is 0.0426. The van der Waals surface area contributed by atoms with Gasteiger partial charge in [0.25, 0.3) is 0 Å². The highest BCUT2D eigenvalue weighted by molar-refractivity contribution is 5.76. The van der Waals surface area contributed by atoms with E-state index in [1.54, 1.807) is 0 Å². The van der Waals surface area contributed by atoms with Crippen LogP contribution in [0, 0.1) is 0 Å². The number of hydrogen-bond acceptors (Lipinski definition) is 3. The number of unbranched alkanes of at least 4 members (excludes halogenated alkanes) is 38. The second kappa shape index (κ2) is 47.5. The number of nitrogens with one attached hydrogen (secondary N) is 1. The molecule has 4 nitrogen and oxygen atoms in total. The Hall–Kier alpha value is -0.870. The number of aliphatic hydroxyl groups is 2. The maximum atomic E-state index is 12.4.